The summed E-state index contributed by atoms with van der Waals surface area (Å²) >= 11 is 5.00. The van der Waals surface area contributed by atoms with Crippen molar-refractivity contribution in [1.29, 1.82) is 0 Å². The predicted octanol–water partition coefficient (Wildman–Crippen LogP) is 5.26. The molecule has 8 heteroatoms. The fourth-order valence-corrected chi connectivity index (χ4v) is 4.72. The lowest BCUT2D eigenvalue weighted by Crippen LogP contribution is -2.50. The number of carbonyl (C=O) groups is 1. The summed E-state index contributed by atoms with van der Waals surface area (Å²) in [6, 6.07) is 23.3. The highest BCUT2D eigenvalue weighted by atomic mass is 79.9. The van der Waals surface area contributed by atoms with E-state index in [1.807, 2.05) is 84.1 Å². The molecule has 2 aliphatic heterocycles. The third-order valence-electron chi connectivity index (χ3n) is 5.46. The summed E-state index contributed by atoms with van der Waals surface area (Å²) in [6.07, 6.45) is 1.51. The van der Waals surface area contributed by atoms with Crippen LogP contribution in [0.4, 0.5) is 5.69 Å². The molecule has 2 aliphatic rings. The summed E-state index contributed by atoms with van der Waals surface area (Å²) in [5.41, 5.74) is 3.78. The van der Waals surface area contributed by atoms with Crippen molar-refractivity contribution in [2.45, 2.75) is 18.8 Å². The van der Waals surface area contributed by atoms with E-state index in [4.69, 9.17) is 9.84 Å². The number of amidine groups is 1. The fourth-order valence-electron chi connectivity index (χ4n) is 3.96. The van der Waals surface area contributed by atoms with Crippen LogP contribution in [-0.2, 0) is 11.4 Å². The normalized spacial score (nSPS) is 19.2. The highest BCUT2D eigenvalue weighted by molar-refractivity contribution is 9.10. The molecule has 2 atom stereocenters. The average molecular weight is 509 g/mol. The van der Waals surface area contributed by atoms with Crippen molar-refractivity contribution in [3.05, 3.63) is 94.0 Å². The smallest absolute Gasteiger partial charge is 0.255 e. The maximum absolute atomic E-state index is 13.1. The predicted molar refractivity (Wildman–Crippen MR) is 131 cm³/mol. The van der Waals surface area contributed by atoms with E-state index in [9.17, 15) is 4.79 Å². The van der Waals surface area contributed by atoms with Crippen LogP contribution in [-0.4, -0.2) is 22.3 Å². The van der Waals surface area contributed by atoms with Crippen molar-refractivity contribution in [1.82, 2.24) is 10.3 Å². The molecule has 0 saturated carbocycles. The van der Waals surface area contributed by atoms with Gasteiger partial charge < -0.3 is 15.4 Å². The minimum Gasteiger partial charge on any atom is -0.488 e. The van der Waals surface area contributed by atoms with Gasteiger partial charge in [0.25, 0.3) is 5.91 Å². The van der Waals surface area contributed by atoms with Crippen LogP contribution in [0.25, 0.3) is 0 Å². The van der Waals surface area contributed by atoms with E-state index in [1.165, 1.54) is 11.8 Å². The number of hydrogen-bond donors (Lipinski definition) is 2. The molecular weight excluding hydrogens is 488 g/mol. The lowest BCUT2D eigenvalue weighted by molar-refractivity contribution is -0.127. The van der Waals surface area contributed by atoms with Crippen LogP contribution in [0.5, 0.6) is 5.75 Å². The molecule has 3 aromatic carbocycles. The van der Waals surface area contributed by atoms with E-state index >= 15 is 0 Å². The molecular formula is C24H21BrN4O2S. The molecule has 6 nitrogen and oxygen atoms in total. The van der Waals surface area contributed by atoms with Gasteiger partial charge in [-0.05, 0) is 36.1 Å². The molecule has 2 heterocycles. The van der Waals surface area contributed by atoms with E-state index in [0.717, 1.165) is 32.6 Å². The van der Waals surface area contributed by atoms with Gasteiger partial charge in [0.1, 0.15) is 18.5 Å². The standard InChI is InChI=1S/C24H21BrN4O2S/c1-32-24-27-23(30)21-17-9-5-6-10-19(17)26-22(29(21)28-24)18-13-16(25)11-12-20(18)31-14-15-7-3-2-4-8-15/h2-13,21-22,26H,14H2,1H3,(H,27,28,30)/t21-,22+/m0/s1. The lowest BCUT2D eigenvalue weighted by Gasteiger charge is -2.44. The molecule has 32 heavy (non-hydrogen) atoms. The summed E-state index contributed by atoms with van der Waals surface area (Å²) in [6.45, 7) is 0.446. The molecule has 0 fully saturated rings. The van der Waals surface area contributed by atoms with Crippen LogP contribution in [0.15, 0.2) is 82.4 Å². The molecule has 0 spiro atoms. The van der Waals surface area contributed by atoms with E-state index in [0.29, 0.717) is 11.8 Å². The summed E-state index contributed by atoms with van der Waals surface area (Å²) in [4.78, 5) is 13.1. The number of para-hydroxylation sites is 1. The maximum atomic E-state index is 13.1. The zero-order valence-corrected chi connectivity index (χ0v) is 19.7. The quantitative estimate of drug-likeness (QED) is 0.503. The van der Waals surface area contributed by atoms with Gasteiger partial charge in [-0.3, -0.25) is 9.80 Å². The van der Waals surface area contributed by atoms with E-state index in [-0.39, 0.29) is 12.1 Å². The van der Waals surface area contributed by atoms with Crippen molar-refractivity contribution < 1.29 is 9.53 Å². The summed E-state index contributed by atoms with van der Waals surface area (Å²) < 4.78 is 7.16. The Kier molecular flexibility index (Phi) is 5.80. The highest BCUT2D eigenvalue weighted by Gasteiger charge is 2.42. The van der Waals surface area contributed by atoms with Crippen molar-refractivity contribution in [3.8, 4) is 5.75 Å². The van der Waals surface area contributed by atoms with Crippen LogP contribution >= 0.6 is 27.7 Å². The van der Waals surface area contributed by atoms with Crippen molar-refractivity contribution in [2.24, 2.45) is 5.10 Å². The number of nitrogens with zero attached hydrogens (tertiary/aromatic N) is 2. The van der Waals surface area contributed by atoms with Crippen LogP contribution in [0.2, 0.25) is 0 Å². The number of rotatable bonds is 4. The number of carbonyl (C=O) groups excluding carboxylic acids is 1. The molecule has 0 radical (unpaired) electrons. The Morgan fingerprint density at radius 2 is 1.84 bits per heavy atom. The molecule has 3 aromatic rings. The molecule has 2 N–H and O–H groups in total. The second-order valence-corrected chi connectivity index (χ2v) is 9.18. The number of benzene rings is 3. The van der Waals surface area contributed by atoms with Gasteiger partial charge in [-0.1, -0.05) is 76.2 Å². The Morgan fingerprint density at radius 3 is 2.66 bits per heavy atom. The molecule has 0 aliphatic carbocycles. The Hall–Kier alpha value is -2.97. The zero-order chi connectivity index (χ0) is 22.1. The summed E-state index contributed by atoms with van der Waals surface area (Å²) in [5, 5.41) is 13.7. The number of ether oxygens (including phenoxy) is 1. The monoisotopic (exact) mass is 508 g/mol. The minimum atomic E-state index is -0.533. The number of halogens is 1. The Morgan fingerprint density at radius 1 is 1.06 bits per heavy atom. The third kappa shape index (κ3) is 3.96. The topological polar surface area (TPSA) is 66.0 Å². The molecule has 0 aromatic heterocycles. The maximum Gasteiger partial charge on any atom is 0.255 e. The van der Waals surface area contributed by atoms with Crippen molar-refractivity contribution in [2.75, 3.05) is 11.6 Å². The molecule has 162 valence electrons. The highest BCUT2D eigenvalue weighted by Crippen LogP contribution is 2.45. The summed E-state index contributed by atoms with van der Waals surface area (Å²) in [7, 11) is 0. The van der Waals surface area contributed by atoms with Gasteiger partial charge in [0.2, 0.25) is 0 Å². The fraction of sp³-hybridized carbons (Fsp3) is 0.167. The third-order valence-corrected chi connectivity index (χ3v) is 6.52. The first-order valence-corrected chi connectivity index (χ1v) is 12.2. The van der Waals surface area contributed by atoms with E-state index in [2.05, 4.69) is 26.6 Å². The van der Waals surface area contributed by atoms with Gasteiger partial charge >= 0.3 is 0 Å². The first kappa shape index (κ1) is 20.9. The van der Waals surface area contributed by atoms with E-state index in [1.54, 1.807) is 0 Å². The van der Waals surface area contributed by atoms with Gasteiger partial charge in [-0.15, -0.1) is 5.10 Å². The van der Waals surface area contributed by atoms with E-state index < -0.39 is 6.04 Å². The van der Waals surface area contributed by atoms with Crippen molar-refractivity contribution >= 4 is 44.5 Å². The molecule has 0 saturated heterocycles. The second kappa shape index (κ2) is 8.88. The molecule has 1 amide bonds. The van der Waals surface area contributed by atoms with Gasteiger partial charge in [-0.2, -0.15) is 0 Å². The first-order chi connectivity index (χ1) is 15.6. The van der Waals surface area contributed by atoms with Crippen LogP contribution in [0, 0.1) is 0 Å². The van der Waals surface area contributed by atoms with Gasteiger partial charge in [0.05, 0.1) is 0 Å². The van der Waals surface area contributed by atoms with Crippen molar-refractivity contribution in [3.63, 3.8) is 0 Å². The van der Waals surface area contributed by atoms with Gasteiger partial charge in [0, 0.05) is 21.3 Å². The van der Waals surface area contributed by atoms with Gasteiger partial charge in [-0.25, -0.2) is 0 Å². The number of nitrogens with one attached hydrogen (secondary N) is 2. The largest absolute Gasteiger partial charge is 0.488 e. The van der Waals surface area contributed by atoms with Crippen LogP contribution < -0.4 is 15.4 Å². The van der Waals surface area contributed by atoms with Gasteiger partial charge in [0.15, 0.2) is 11.2 Å². The zero-order valence-electron chi connectivity index (χ0n) is 17.3. The summed E-state index contributed by atoms with van der Waals surface area (Å²) in [5.74, 6) is 0.643. The number of fused-ring (bicyclic) bond motifs is 3. The SMILES string of the molecule is CSC1=NN2[C@H](C(=O)N1)c1ccccc1N[C@H]2c1cc(Br)ccc1OCc1ccccc1. The number of thioether (sulfide) groups is 1. The Labute approximate surface area is 199 Å². The Bertz CT molecular complexity index is 1190. The second-order valence-electron chi connectivity index (χ2n) is 7.47. The molecule has 0 unspecified atom stereocenters. The average Bonchev–Trinajstić information content (AvgIpc) is 2.83. The lowest BCUT2D eigenvalue weighted by atomic mass is 9.97. The van der Waals surface area contributed by atoms with Crippen LogP contribution in [0.3, 0.4) is 0 Å². The minimum absolute atomic E-state index is 0.0925. The molecule has 0 bridgehead atoms. The number of hydrazone groups is 1. The number of amides is 1. The first-order valence-electron chi connectivity index (χ1n) is 10.2. The van der Waals surface area contributed by atoms with Crippen LogP contribution in [0.1, 0.15) is 28.9 Å². The number of hydrogen-bond acceptors (Lipinski definition) is 6. The molecule has 5 rings (SSSR count). The Balaban J connectivity index is 1.57. The number of anilines is 1.